The third-order valence-corrected chi connectivity index (χ3v) is 3.86. The third-order valence-electron chi connectivity index (χ3n) is 3.86. The molecule has 1 N–H and O–H groups in total. The van der Waals surface area contributed by atoms with E-state index in [0.717, 1.165) is 13.0 Å². The molecule has 2 aliphatic heterocycles. The summed E-state index contributed by atoms with van der Waals surface area (Å²) in [6, 6.07) is 2.94. The fourth-order valence-electron chi connectivity index (χ4n) is 2.58. The van der Waals surface area contributed by atoms with E-state index in [1.54, 1.807) is 6.07 Å². The molecule has 7 heteroatoms. The first-order chi connectivity index (χ1) is 10.1. The van der Waals surface area contributed by atoms with Crippen molar-refractivity contribution in [2.45, 2.75) is 19.4 Å². The van der Waals surface area contributed by atoms with E-state index in [9.17, 15) is 10.1 Å². The summed E-state index contributed by atoms with van der Waals surface area (Å²) >= 11 is 0. The maximum absolute atomic E-state index is 11.2. The smallest absolute Gasteiger partial charge is 0.314 e. The van der Waals surface area contributed by atoms with Gasteiger partial charge in [-0.2, -0.15) is 0 Å². The average molecular weight is 294 g/mol. The van der Waals surface area contributed by atoms with Crippen molar-refractivity contribution in [2.24, 2.45) is 5.92 Å². The molecule has 0 spiro atoms. The number of nitrogens with one attached hydrogen (secondary N) is 1. The Balaban J connectivity index is 1.90. The minimum Gasteiger partial charge on any atom is -0.486 e. The summed E-state index contributed by atoms with van der Waals surface area (Å²) in [6.45, 7) is 4.56. The van der Waals surface area contributed by atoms with Crippen molar-refractivity contribution in [3.05, 3.63) is 22.2 Å². The van der Waals surface area contributed by atoms with E-state index in [-0.39, 0.29) is 17.5 Å². The Kier molecular flexibility index (Phi) is 3.83. The second-order valence-corrected chi connectivity index (χ2v) is 5.35. The first-order valence-corrected chi connectivity index (χ1v) is 7.10. The highest BCUT2D eigenvalue weighted by Gasteiger charge is 2.28. The molecular formula is C14H18N2O5. The lowest BCUT2D eigenvalue weighted by Crippen LogP contribution is -2.42. The van der Waals surface area contributed by atoms with Crippen LogP contribution in [-0.2, 0) is 0 Å². The topological polar surface area (TPSA) is 82.9 Å². The fraction of sp³-hybridized carbons (Fsp3) is 0.571. The number of hydrogen-bond acceptors (Lipinski definition) is 6. The maximum atomic E-state index is 11.2. The predicted octanol–water partition coefficient (Wildman–Crippen LogP) is 1.74. The van der Waals surface area contributed by atoms with Crippen molar-refractivity contribution in [3.63, 3.8) is 0 Å². The van der Waals surface area contributed by atoms with Gasteiger partial charge in [0.2, 0.25) is 5.75 Å². The number of nitrogens with zero attached hydrogens (tertiary/aromatic N) is 1. The van der Waals surface area contributed by atoms with Crippen LogP contribution in [0.1, 0.15) is 13.3 Å². The van der Waals surface area contributed by atoms with Crippen LogP contribution in [0.2, 0.25) is 0 Å². The number of rotatable bonds is 3. The monoisotopic (exact) mass is 294 g/mol. The molecule has 0 bridgehead atoms. The molecule has 2 aliphatic rings. The SMILES string of the molecule is CC1CCNCC1Oc1cc2c(cc1[N+](=O)[O-])OCCO2. The third kappa shape index (κ3) is 2.87. The van der Waals surface area contributed by atoms with E-state index in [0.29, 0.717) is 37.2 Å². The van der Waals surface area contributed by atoms with Gasteiger partial charge in [-0.1, -0.05) is 6.92 Å². The Bertz CT molecular complexity index is 548. The van der Waals surface area contributed by atoms with Gasteiger partial charge in [-0.05, 0) is 18.9 Å². The summed E-state index contributed by atoms with van der Waals surface area (Å²) < 4.78 is 16.7. The summed E-state index contributed by atoms with van der Waals surface area (Å²) in [5, 5.41) is 14.5. The van der Waals surface area contributed by atoms with Crippen LogP contribution in [0.4, 0.5) is 5.69 Å². The van der Waals surface area contributed by atoms with E-state index >= 15 is 0 Å². The van der Waals surface area contributed by atoms with Gasteiger partial charge in [-0.25, -0.2) is 0 Å². The van der Waals surface area contributed by atoms with E-state index < -0.39 is 4.92 Å². The van der Waals surface area contributed by atoms with Gasteiger partial charge in [0.05, 0.1) is 11.0 Å². The normalized spacial score (nSPS) is 24.4. The number of ether oxygens (including phenoxy) is 3. The lowest BCUT2D eigenvalue weighted by Gasteiger charge is -2.30. The molecule has 1 aromatic carbocycles. The lowest BCUT2D eigenvalue weighted by atomic mass is 9.97. The zero-order chi connectivity index (χ0) is 14.8. The first-order valence-electron chi connectivity index (χ1n) is 7.10. The molecule has 2 atom stereocenters. The zero-order valence-corrected chi connectivity index (χ0v) is 11.8. The quantitative estimate of drug-likeness (QED) is 0.675. The number of nitro groups is 1. The van der Waals surface area contributed by atoms with E-state index in [1.165, 1.54) is 6.07 Å². The molecule has 114 valence electrons. The van der Waals surface area contributed by atoms with Crippen molar-refractivity contribution in [3.8, 4) is 17.2 Å². The molecule has 3 rings (SSSR count). The van der Waals surface area contributed by atoms with Crippen LogP contribution >= 0.6 is 0 Å². The summed E-state index contributed by atoms with van der Waals surface area (Å²) in [5.41, 5.74) is -0.0861. The molecule has 2 heterocycles. The minimum atomic E-state index is -0.450. The van der Waals surface area contributed by atoms with Crippen molar-refractivity contribution in [1.29, 1.82) is 0 Å². The molecule has 0 radical (unpaired) electrons. The van der Waals surface area contributed by atoms with Crippen molar-refractivity contribution in [1.82, 2.24) is 5.32 Å². The maximum Gasteiger partial charge on any atom is 0.314 e. The molecule has 0 aliphatic carbocycles. The van der Waals surface area contributed by atoms with Crippen LogP contribution in [0, 0.1) is 16.0 Å². The molecule has 0 aromatic heterocycles. The Labute approximate surface area is 122 Å². The number of nitro benzene ring substituents is 1. The van der Waals surface area contributed by atoms with Crippen LogP contribution in [0.3, 0.4) is 0 Å². The van der Waals surface area contributed by atoms with Gasteiger partial charge in [-0.3, -0.25) is 10.1 Å². The number of fused-ring (bicyclic) bond motifs is 1. The summed E-state index contributed by atoms with van der Waals surface area (Å²) in [6.07, 6.45) is 0.906. The Morgan fingerprint density at radius 1 is 1.33 bits per heavy atom. The van der Waals surface area contributed by atoms with Gasteiger partial charge < -0.3 is 19.5 Å². The summed E-state index contributed by atoms with van der Waals surface area (Å²) in [4.78, 5) is 10.8. The number of piperidine rings is 1. The van der Waals surface area contributed by atoms with Crippen molar-refractivity contribution >= 4 is 5.69 Å². The Morgan fingerprint density at radius 2 is 2.05 bits per heavy atom. The molecule has 21 heavy (non-hydrogen) atoms. The van der Waals surface area contributed by atoms with Crippen LogP contribution in [-0.4, -0.2) is 37.3 Å². The molecule has 0 saturated carbocycles. The molecular weight excluding hydrogens is 276 g/mol. The summed E-state index contributed by atoms with van der Waals surface area (Å²) in [5.74, 6) is 1.48. The molecule has 1 fully saturated rings. The van der Waals surface area contributed by atoms with Crippen LogP contribution in [0.15, 0.2) is 12.1 Å². The van der Waals surface area contributed by atoms with Crippen LogP contribution in [0.25, 0.3) is 0 Å². The highest BCUT2D eigenvalue weighted by Crippen LogP contribution is 2.41. The van der Waals surface area contributed by atoms with Crippen molar-refractivity contribution in [2.75, 3.05) is 26.3 Å². The number of benzene rings is 1. The first kappa shape index (κ1) is 13.9. The minimum absolute atomic E-state index is 0.0833. The Morgan fingerprint density at radius 3 is 2.71 bits per heavy atom. The van der Waals surface area contributed by atoms with Gasteiger partial charge in [-0.15, -0.1) is 0 Å². The molecule has 2 unspecified atom stereocenters. The van der Waals surface area contributed by atoms with Gasteiger partial charge in [0.25, 0.3) is 0 Å². The Hall–Kier alpha value is -2.02. The molecule has 1 aromatic rings. The highest BCUT2D eigenvalue weighted by atomic mass is 16.6. The van der Waals surface area contributed by atoms with E-state index in [1.807, 2.05) is 0 Å². The average Bonchev–Trinajstić information content (AvgIpc) is 2.48. The molecule has 7 nitrogen and oxygen atoms in total. The van der Waals surface area contributed by atoms with E-state index in [4.69, 9.17) is 14.2 Å². The molecule has 0 amide bonds. The predicted molar refractivity (Wildman–Crippen MR) is 75.2 cm³/mol. The fourth-order valence-corrected chi connectivity index (χ4v) is 2.58. The second-order valence-electron chi connectivity index (χ2n) is 5.35. The summed E-state index contributed by atoms with van der Waals surface area (Å²) in [7, 11) is 0. The lowest BCUT2D eigenvalue weighted by molar-refractivity contribution is -0.386. The zero-order valence-electron chi connectivity index (χ0n) is 11.8. The standard InChI is InChI=1S/C14H18N2O5/c1-9-2-3-15-8-14(9)21-11-7-13-12(19-4-5-20-13)6-10(11)16(17)18/h6-7,9,14-15H,2-5,8H2,1H3. The van der Waals surface area contributed by atoms with Gasteiger partial charge in [0.1, 0.15) is 19.3 Å². The van der Waals surface area contributed by atoms with Gasteiger partial charge >= 0.3 is 5.69 Å². The van der Waals surface area contributed by atoms with Crippen LogP contribution < -0.4 is 19.5 Å². The van der Waals surface area contributed by atoms with E-state index in [2.05, 4.69) is 12.2 Å². The van der Waals surface area contributed by atoms with Crippen molar-refractivity contribution < 1.29 is 19.1 Å². The van der Waals surface area contributed by atoms with Gasteiger partial charge in [0, 0.05) is 12.6 Å². The van der Waals surface area contributed by atoms with Gasteiger partial charge in [0.15, 0.2) is 11.5 Å². The number of hydrogen-bond donors (Lipinski definition) is 1. The molecule has 1 saturated heterocycles. The highest BCUT2D eigenvalue weighted by molar-refractivity contribution is 5.58. The van der Waals surface area contributed by atoms with Crippen LogP contribution in [0.5, 0.6) is 17.2 Å². The second kappa shape index (κ2) is 5.77. The largest absolute Gasteiger partial charge is 0.486 e.